The number of hydrogen-bond acceptors (Lipinski definition) is 4. The molecule has 0 saturated heterocycles. The van der Waals surface area contributed by atoms with Crippen molar-refractivity contribution in [2.45, 2.75) is 13.5 Å². The highest BCUT2D eigenvalue weighted by atomic mass is 79.9. The molecule has 3 heterocycles. The maximum atomic E-state index is 12.7. The van der Waals surface area contributed by atoms with Crippen LogP contribution in [0.5, 0.6) is 0 Å². The third-order valence-electron chi connectivity index (χ3n) is 4.12. The molecule has 1 aromatic carbocycles. The molecule has 8 heteroatoms. The monoisotopic (exact) mass is 429 g/mol. The zero-order valence-electron chi connectivity index (χ0n) is 14.2. The Morgan fingerprint density at radius 3 is 2.77 bits per heavy atom. The Labute approximate surface area is 162 Å². The number of nitrogens with one attached hydrogen (secondary N) is 1. The van der Waals surface area contributed by atoms with Crippen LogP contribution in [0.15, 0.2) is 47.1 Å². The highest BCUT2D eigenvalue weighted by molar-refractivity contribution is 9.10. The normalized spacial score (nSPS) is 11.2. The van der Waals surface area contributed by atoms with Crippen LogP contribution in [-0.2, 0) is 13.6 Å². The summed E-state index contributed by atoms with van der Waals surface area (Å²) in [6.07, 6.45) is 1.69. The van der Waals surface area contributed by atoms with Gasteiger partial charge in [-0.15, -0.1) is 11.3 Å². The van der Waals surface area contributed by atoms with E-state index in [1.165, 1.54) is 11.3 Å². The number of anilines is 1. The number of rotatable bonds is 4. The standard InChI is InChI=1S/C18H16BrN5OS/c1-11-14-9-15(26-18(14)23(2)22-11)17(25)21-16-7-8-20-24(16)10-12-3-5-13(19)6-4-12/h3-9H,10H2,1-2H3,(H,21,25). The fourth-order valence-corrected chi connectivity index (χ4v) is 4.11. The zero-order valence-corrected chi connectivity index (χ0v) is 16.6. The van der Waals surface area contributed by atoms with Gasteiger partial charge in [-0.1, -0.05) is 28.1 Å². The molecule has 0 bridgehead atoms. The largest absolute Gasteiger partial charge is 0.306 e. The maximum Gasteiger partial charge on any atom is 0.266 e. The van der Waals surface area contributed by atoms with Crippen LogP contribution in [0.3, 0.4) is 0 Å². The predicted octanol–water partition coefficient (Wildman–Crippen LogP) is 4.20. The zero-order chi connectivity index (χ0) is 18.3. The Balaban J connectivity index is 1.55. The number of halogens is 1. The molecule has 0 aliphatic heterocycles. The first-order valence-electron chi connectivity index (χ1n) is 8.02. The van der Waals surface area contributed by atoms with Crippen molar-refractivity contribution < 1.29 is 4.79 Å². The van der Waals surface area contributed by atoms with Crippen LogP contribution in [0.2, 0.25) is 0 Å². The molecule has 0 saturated carbocycles. The number of fused-ring (bicyclic) bond motifs is 1. The third kappa shape index (κ3) is 3.17. The average Bonchev–Trinajstić information content (AvgIpc) is 3.29. The summed E-state index contributed by atoms with van der Waals surface area (Å²) in [5.74, 6) is 0.536. The molecule has 0 spiro atoms. The van der Waals surface area contributed by atoms with E-state index < -0.39 is 0 Å². The van der Waals surface area contributed by atoms with Gasteiger partial charge in [-0.25, -0.2) is 4.68 Å². The van der Waals surface area contributed by atoms with Crippen LogP contribution in [0.1, 0.15) is 20.9 Å². The van der Waals surface area contributed by atoms with E-state index in [1.54, 1.807) is 16.9 Å². The second-order valence-corrected chi connectivity index (χ2v) is 7.94. The lowest BCUT2D eigenvalue weighted by atomic mass is 10.2. The Bertz CT molecular complexity index is 1060. The fourth-order valence-electron chi connectivity index (χ4n) is 2.82. The summed E-state index contributed by atoms with van der Waals surface area (Å²) in [5.41, 5.74) is 2.04. The second kappa shape index (κ2) is 6.69. The number of amides is 1. The van der Waals surface area contributed by atoms with Gasteiger partial charge in [0.2, 0.25) is 0 Å². The Morgan fingerprint density at radius 1 is 1.27 bits per heavy atom. The van der Waals surface area contributed by atoms with E-state index in [-0.39, 0.29) is 5.91 Å². The molecule has 4 rings (SSSR count). The van der Waals surface area contributed by atoms with E-state index in [4.69, 9.17) is 0 Å². The number of aryl methyl sites for hydroxylation is 2. The fraction of sp³-hybridized carbons (Fsp3) is 0.167. The smallest absolute Gasteiger partial charge is 0.266 e. The SMILES string of the molecule is Cc1nn(C)c2sc(C(=O)Nc3ccnn3Cc3ccc(Br)cc3)cc12. The van der Waals surface area contributed by atoms with Crippen molar-refractivity contribution in [3.8, 4) is 0 Å². The molecular formula is C18H16BrN5OS. The van der Waals surface area contributed by atoms with Gasteiger partial charge in [0.15, 0.2) is 0 Å². The van der Waals surface area contributed by atoms with Crippen LogP contribution < -0.4 is 5.32 Å². The topological polar surface area (TPSA) is 64.7 Å². The van der Waals surface area contributed by atoms with Crippen LogP contribution in [-0.4, -0.2) is 25.5 Å². The van der Waals surface area contributed by atoms with Gasteiger partial charge in [0.25, 0.3) is 5.91 Å². The van der Waals surface area contributed by atoms with E-state index in [1.807, 2.05) is 49.0 Å². The highest BCUT2D eigenvalue weighted by Crippen LogP contribution is 2.28. The number of hydrogen-bond donors (Lipinski definition) is 1. The van der Waals surface area contributed by atoms with Crippen molar-refractivity contribution in [1.29, 1.82) is 0 Å². The van der Waals surface area contributed by atoms with E-state index in [9.17, 15) is 4.79 Å². The lowest BCUT2D eigenvalue weighted by Gasteiger charge is -2.08. The van der Waals surface area contributed by atoms with Gasteiger partial charge in [-0.05, 0) is 30.7 Å². The van der Waals surface area contributed by atoms with E-state index >= 15 is 0 Å². The van der Waals surface area contributed by atoms with Gasteiger partial charge in [-0.3, -0.25) is 9.48 Å². The number of thiophene rings is 1. The Kier molecular flexibility index (Phi) is 4.37. The van der Waals surface area contributed by atoms with E-state index in [2.05, 4.69) is 31.4 Å². The van der Waals surface area contributed by atoms with Gasteiger partial charge >= 0.3 is 0 Å². The molecule has 26 heavy (non-hydrogen) atoms. The Hall–Kier alpha value is -2.45. The number of aromatic nitrogens is 4. The first-order valence-corrected chi connectivity index (χ1v) is 9.63. The molecule has 0 aliphatic carbocycles. The molecule has 1 amide bonds. The van der Waals surface area contributed by atoms with Gasteiger partial charge in [-0.2, -0.15) is 10.2 Å². The van der Waals surface area contributed by atoms with Crippen LogP contribution in [0, 0.1) is 6.92 Å². The number of carbonyl (C=O) groups is 1. The van der Waals surface area contributed by atoms with Crippen LogP contribution in [0.4, 0.5) is 5.82 Å². The average molecular weight is 430 g/mol. The lowest BCUT2D eigenvalue weighted by Crippen LogP contribution is -2.15. The molecule has 0 aliphatic rings. The minimum atomic E-state index is -0.136. The molecule has 1 N–H and O–H groups in total. The summed E-state index contributed by atoms with van der Waals surface area (Å²) in [6, 6.07) is 11.7. The Morgan fingerprint density at radius 2 is 2.04 bits per heavy atom. The number of nitrogens with zero attached hydrogens (tertiary/aromatic N) is 4. The van der Waals surface area contributed by atoms with Crippen molar-refractivity contribution >= 4 is 49.2 Å². The number of benzene rings is 1. The highest BCUT2D eigenvalue weighted by Gasteiger charge is 2.16. The second-order valence-electron chi connectivity index (χ2n) is 5.99. The van der Waals surface area contributed by atoms with Gasteiger partial charge in [0.05, 0.1) is 23.3 Å². The van der Waals surface area contributed by atoms with Crippen molar-refractivity contribution in [2.24, 2.45) is 7.05 Å². The molecular weight excluding hydrogens is 414 g/mol. The van der Waals surface area contributed by atoms with Gasteiger partial charge in [0.1, 0.15) is 10.6 Å². The van der Waals surface area contributed by atoms with Gasteiger partial charge in [0, 0.05) is 23.0 Å². The molecule has 4 aromatic rings. The summed E-state index contributed by atoms with van der Waals surface area (Å²) in [5, 5.41) is 12.7. The van der Waals surface area contributed by atoms with E-state index in [0.717, 1.165) is 25.9 Å². The lowest BCUT2D eigenvalue weighted by molar-refractivity contribution is 0.102. The first-order chi connectivity index (χ1) is 12.5. The van der Waals surface area contributed by atoms with Gasteiger partial charge < -0.3 is 5.32 Å². The van der Waals surface area contributed by atoms with Crippen LogP contribution in [0.25, 0.3) is 10.2 Å². The third-order valence-corrected chi connectivity index (χ3v) is 5.85. The van der Waals surface area contributed by atoms with Crippen molar-refractivity contribution in [3.05, 3.63) is 63.2 Å². The molecule has 0 atom stereocenters. The molecule has 6 nitrogen and oxygen atoms in total. The minimum absolute atomic E-state index is 0.136. The summed E-state index contributed by atoms with van der Waals surface area (Å²) in [7, 11) is 1.89. The first kappa shape index (κ1) is 17.0. The minimum Gasteiger partial charge on any atom is -0.306 e. The summed E-state index contributed by atoms with van der Waals surface area (Å²) >= 11 is 4.87. The maximum absolute atomic E-state index is 12.7. The molecule has 0 fully saturated rings. The van der Waals surface area contributed by atoms with Crippen LogP contribution >= 0.6 is 27.3 Å². The summed E-state index contributed by atoms with van der Waals surface area (Å²) in [6.45, 7) is 2.54. The predicted molar refractivity (Wildman–Crippen MR) is 107 cm³/mol. The molecule has 3 aromatic heterocycles. The molecule has 132 valence electrons. The summed E-state index contributed by atoms with van der Waals surface area (Å²) < 4.78 is 4.62. The molecule has 0 unspecified atom stereocenters. The summed E-state index contributed by atoms with van der Waals surface area (Å²) in [4.78, 5) is 14.3. The van der Waals surface area contributed by atoms with E-state index in [0.29, 0.717) is 17.2 Å². The quantitative estimate of drug-likeness (QED) is 0.528. The van der Waals surface area contributed by atoms with Crippen molar-refractivity contribution in [3.63, 3.8) is 0 Å². The molecule has 0 radical (unpaired) electrons. The number of carbonyl (C=O) groups excluding carboxylic acids is 1. The van der Waals surface area contributed by atoms with Crippen molar-refractivity contribution in [2.75, 3.05) is 5.32 Å². The van der Waals surface area contributed by atoms with Crippen molar-refractivity contribution in [1.82, 2.24) is 19.6 Å².